The van der Waals surface area contributed by atoms with E-state index in [-0.39, 0.29) is 58.7 Å². The molecule has 5 N–H and O–H groups in total. The SMILES string of the molecule is Cl.N[C@H]1CCc2c(C(=O)Nc3ccc(F)c(Cl)c3)ccc(F)c21.O=C(N[C@H]1CCc2c(C(=O)Nc3ccc(F)c(Cl)c3)ccc(F)c21)OCc1cccc(N2CCOCC2)n1.O=C(OCc1cccc(N2CCOCC2)n1)n1ccnc1. The first-order chi connectivity index (χ1) is 39.2. The zero-order valence-electron chi connectivity index (χ0n) is 43.7. The molecule has 2 aliphatic heterocycles. The Balaban J connectivity index is 0.000000171. The number of fused-ring (bicyclic) bond motifs is 2. The number of hydrogen-bond acceptors (Lipinski definition) is 14. The van der Waals surface area contributed by atoms with Gasteiger partial charge in [-0.1, -0.05) is 35.3 Å². The third-order valence-electron chi connectivity index (χ3n) is 13.5. The number of carbonyl (C=O) groups is 4. The quantitative estimate of drug-likeness (QED) is 0.0887. The minimum atomic E-state index is -0.711. The number of nitrogens with one attached hydrogen (secondary N) is 3. The summed E-state index contributed by atoms with van der Waals surface area (Å²) in [6.07, 6.45) is 5.24. The summed E-state index contributed by atoms with van der Waals surface area (Å²) in [5, 5.41) is 7.79. The maximum atomic E-state index is 14.8. The number of benzene rings is 4. The molecule has 3 amide bonds. The largest absolute Gasteiger partial charge is 0.443 e. The van der Waals surface area contributed by atoms with Gasteiger partial charge in [0.25, 0.3) is 11.8 Å². The second-order valence-electron chi connectivity index (χ2n) is 18.8. The van der Waals surface area contributed by atoms with Gasteiger partial charge in [0.2, 0.25) is 0 Å². The number of alkyl carbamates (subject to hydrolysis) is 1. The molecule has 2 saturated heterocycles. The van der Waals surface area contributed by atoms with Crippen molar-refractivity contribution in [3.63, 3.8) is 0 Å². The fraction of sp³-hybridized carbons (Fsp3) is 0.281. The highest BCUT2D eigenvalue weighted by Gasteiger charge is 2.32. The van der Waals surface area contributed by atoms with E-state index in [9.17, 15) is 36.7 Å². The van der Waals surface area contributed by atoms with E-state index < -0.39 is 47.5 Å². The molecule has 4 aliphatic rings. The third-order valence-corrected chi connectivity index (χ3v) is 14.1. The topological polar surface area (TPSA) is 217 Å². The molecule has 0 radical (unpaired) electrons. The summed E-state index contributed by atoms with van der Waals surface area (Å²) in [4.78, 5) is 66.7. The summed E-state index contributed by atoms with van der Waals surface area (Å²) in [7, 11) is 0. The van der Waals surface area contributed by atoms with Gasteiger partial charge in [-0.3, -0.25) is 9.59 Å². The van der Waals surface area contributed by atoms with Crippen molar-refractivity contribution >= 4 is 82.6 Å². The van der Waals surface area contributed by atoms with E-state index in [4.69, 9.17) is 47.9 Å². The van der Waals surface area contributed by atoms with Crippen LogP contribution in [0.1, 0.15) is 79.3 Å². The number of halogens is 7. The van der Waals surface area contributed by atoms with Gasteiger partial charge in [0, 0.05) is 78.2 Å². The van der Waals surface area contributed by atoms with Gasteiger partial charge in [-0.05, 0) is 122 Å². The van der Waals surface area contributed by atoms with E-state index in [1.54, 1.807) is 12.3 Å². The van der Waals surface area contributed by atoms with E-state index in [1.165, 1.54) is 71.7 Å². The monoisotopic (exact) mass is 1190 g/mol. The van der Waals surface area contributed by atoms with Crippen LogP contribution in [0, 0.1) is 23.3 Å². The first-order valence-corrected chi connectivity index (χ1v) is 26.5. The van der Waals surface area contributed by atoms with Crippen LogP contribution in [0.2, 0.25) is 10.0 Å². The number of carbonyl (C=O) groups excluding carboxylic acids is 4. The summed E-state index contributed by atoms with van der Waals surface area (Å²) < 4.78 is 77.8. The highest BCUT2D eigenvalue weighted by Crippen LogP contribution is 2.37. The van der Waals surface area contributed by atoms with Crippen LogP contribution in [0.15, 0.2) is 116 Å². The Bertz CT molecular complexity index is 3410. The lowest BCUT2D eigenvalue weighted by Crippen LogP contribution is -2.36. The molecule has 430 valence electrons. The van der Waals surface area contributed by atoms with Crippen molar-refractivity contribution in [1.82, 2.24) is 24.8 Å². The van der Waals surface area contributed by atoms with Crippen molar-refractivity contribution in [2.24, 2.45) is 5.73 Å². The third kappa shape index (κ3) is 15.2. The van der Waals surface area contributed by atoms with Gasteiger partial charge in [-0.15, -0.1) is 12.4 Å². The molecule has 2 aliphatic carbocycles. The highest BCUT2D eigenvalue weighted by atomic mass is 35.5. The number of nitrogens with two attached hydrogens (primary N) is 1. The number of imidazole rings is 1. The Morgan fingerprint density at radius 1 is 0.634 bits per heavy atom. The second-order valence-corrected chi connectivity index (χ2v) is 19.6. The van der Waals surface area contributed by atoms with Crippen molar-refractivity contribution in [1.29, 1.82) is 0 Å². The maximum absolute atomic E-state index is 14.8. The molecule has 4 aromatic carbocycles. The van der Waals surface area contributed by atoms with Crippen molar-refractivity contribution in [3.05, 3.63) is 194 Å². The Hall–Kier alpha value is -7.86. The van der Waals surface area contributed by atoms with Crippen LogP contribution in [0.3, 0.4) is 0 Å². The Morgan fingerprint density at radius 2 is 1.12 bits per heavy atom. The number of hydrogen-bond donors (Lipinski definition) is 4. The Kier molecular flexibility index (Phi) is 20.7. The smallest absolute Gasteiger partial charge is 0.419 e. The van der Waals surface area contributed by atoms with Gasteiger partial charge < -0.3 is 50.4 Å². The van der Waals surface area contributed by atoms with Gasteiger partial charge in [0.05, 0.1) is 53.9 Å². The molecule has 2 atom stereocenters. The molecule has 0 saturated carbocycles. The molecular weight excluding hydrogens is 1140 g/mol. The molecule has 3 aromatic heterocycles. The lowest BCUT2D eigenvalue weighted by atomic mass is 10.0. The van der Waals surface area contributed by atoms with E-state index in [0.717, 1.165) is 43.9 Å². The Labute approximate surface area is 484 Å². The number of ether oxygens (including phenoxy) is 4. The van der Waals surface area contributed by atoms with Crippen molar-refractivity contribution in [2.75, 3.05) is 73.0 Å². The molecule has 0 bridgehead atoms. The molecule has 5 heterocycles. The van der Waals surface area contributed by atoms with Gasteiger partial charge >= 0.3 is 12.2 Å². The standard InChI is InChI=1S/C27H25ClF2N4O4.C16H13ClF2N2O.C14H16N4O3.ClH/c28-20-14-16(4-7-21(20)29)32-26(35)19-5-8-22(30)25-18(19)6-9-23(25)33-27(36)38-15-17-2-1-3-24(31-17)34-10-12-37-13-11-34;17-11-7-8(1-4-12(11)18)21-16(22)10-2-5-13(19)15-9(10)3-6-14(15)20;19-14(18-5-4-15-11-18)21-10-12-2-1-3-13(16-12)17-6-8-20-9-7-17;/h1-5,7-8,14,23H,6,9-13,15H2,(H,32,35)(H,33,36);1-2,4-5,7,14H,3,6,20H2,(H,21,22);1-5,11H,6-10H2;1H/t23-;14-;;/m00../s1. The van der Waals surface area contributed by atoms with Crippen LogP contribution >= 0.6 is 35.6 Å². The number of morpholine rings is 2. The number of anilines is 4. The molecule has 0 unspecified atom stereocenters. The van der Waals surface area contributed by atoms with E-state index in [1.807, 2.05) is 30.3 Å². The number of amides is 3. The molecule has 18 nitrogen and oxygen atoms in total. The summed E-state index contributed by atoms with van der Waals surface area (Å²) in [6.45, 7) is 5.90. The van der Waals surface area contributed by atoms with Crippen molar-refractivity contribution < 1.29 is 55.7 Å². The average Bonchev–Trinajstić information content (AvgIpc) is 4.25. The number of aromatic nitrogens is 4. The number of pyridine rings is 2. The van der Waals surface area contributed by atoms with Crippen LogP contribution in [0.5, 0.6) is 0 Å². The number of rotatable bonds is 11. The van der Waals surface area contributed by atoms with Crippen LogP contribution in [-0.2, 0) is 45.0 Å². The van der Waals surface area contributed by atoms with Crippen LogP contribution in [0.4, 0.5) is 50.2 Å². The molecule has 25 heteroatoms. The summed E-state index contributed by atoms with van der Waals surface area (Å²) in [5.74, 6) is -1.29. The second kappa shape index (κ2) is 28.2. The lowest BCUT2D eigenvalue weighted by molar-refractivity contribution is 0.101. The number of nitrogens with zero attached hydrogens (tertiary/aromatic N) is 6. The maximum Gasteiger partial charge on any atom is 0.419 e. The average molecular weight is 1190 g/mol. The summed E-state index contributed by atoms with van der Waals surface area (Å²) in [6, 6.07) is 23.2. The molecule has 7 aromatic rings. The van der Waals surface area contributed by atoms with Gasteiger partial charge in [-0.2, -0.15) is 0 Å². The zero-order chi connectivity index (χ0) is 57.0. The van der Waals surface area contributed by atoms with Gasteiger partial charge in [-0.25, -0.2) is 46.7 Å². The van der Waals surface area contributed by atoms with Crippen LogP contribution in [0.25, 0.3) is 0 Å². The van der Waals surface area contributed by atoms with Crippen LogP contribution < -0.4 is 31.5 Å². The molecule has 11 rings (SSSR count). The fourth-order valence-electron chi connectivity index (χ4n) is 9.51. The molecular formula is C57H55Cl3F4N10O8. The minimum Gasteiger partial charge on any atom is -0.443 e. The molecule has 0 spiro atoms. The van der Waals surface area contributed by atoms with Gasteiger partial charge in [0.1, 0.15) is 54.4 Å². The van der Waals surface area contributed by atoms with Crippen molar-refractivity contribution in [2.45, 2.75) is 51.0 Å². The molecule has 82 heavy (non-hydrogen) atoms. The summed E-state index contributed by atoms with van der Waals surface area (Å²) in [5.41, 5.74) is 10.3. The summed E-state index contributed by atoms with van der Waals surface area (Å²) >= 11 is 11.5. The Morgan fingerprint density at radius 3 is 1.63 bits per heavy atom. The van der Waals surface area contributed by atoms with Gasteiger partial charge in [0.15, 0.2) is 0 Å². The minimum absolute atomic E-state index is 0. The highest BCUT2D eigenvalue weighted by molar-refractivity contribution is 6.31. The lowest BCUT2D eigenvalue weighted by Gasteiger charge is -2.28. The first kappa shape index (κ1) is 60.2. The van der Waals surface area contributed by atoms with Crippen LogP contribution in [-0.4, -0.2) is 96.1 Å². The molecule has 2 fully saturated rings. The first-order valence-electron chi connectivity index (χ1n) is 25.8. The predicted octanol–water partition coefficient (Wildman–Crippen LogP) is 10.6. The van der Waals surface area contributed by atoms with Crippen molar-refractivity contribution in [3.8, 4) is 0 Å². The van der Waals surface area contributed by atoms with E-state index in [2.05, 4.69) is 40.7 Å². The fourth-order valence-corrected chi connectivity index (χ4v) is 9.87. The zero-order valence-corrected chi connectivity index (χ0v) is 46.1. The predicted molar refractivity (Wildman–Crippen MR) is 301 cm³/mol. The normalized spacial score (nSPS) is 15.9. The van der Waals surface area contributed by atoms with E-state index in [0.29, 0.717) is 97.1 Å². The van der Waals surface area contributed by atoms with E-state index >= 15 is 0 Å².